The predicted molar refractivity (Wildman–Crippen MR) is 369 cm³/mol. The molecular weight excluding hydrogens is 1400 g/mol. The SMILES string of the molecule is CC(C)(C)OC(=O)COc1ccc(CC(NC(=O)CCOCCOCCOCCOCCNC(=O)OC(C)(C)C)C(=O)Oc2c(F)c(F)cc(F)c2F)cc1.COCCOCCOCCOCCOCCCC(=O)C(Cc1ccc(OCC(=O)O)cc1)NC(=O)CCOCCOCCOCCOCCN. The van der Waals surface area contributed by atoms with Crippen molar-refractivity contribution in [1.82, 2.24) is 16.0 Å². The number of alkyl carbamates (subject to hydrolysis) is 1. The van der Waals surface area contributed by atoms with Crippen LogP contribution >= 0.6 is 0 Å². The molecule has 0 spiro atoms. The maximum atomic E-state index is 14.3. The second-order valence-electron chi connectivity index (χ2n) is 24.3. The zero-order chi connectivity index (χ0) is 77.4. The van der Waals surface area contributed by atoms with Crippen molar-refractivity contribution in [1.29, 1.82) is 0 Å². The Bertz CT molecular complexity index is 2850. The molecule has 2 unspecified atom stereocenters. The summed E-state index contributed by atoms with van der Waals surface area (Å²) < 4.78 is 151. The molecule has 0 aromatic heterocycles. The summed E-state index contributed by atoms with van der Waals surface area (Å²) in [5.74, 6) is -12.6. The number of aliphatic carboxylic acids is 1. The number of nitrogens with two attached hydrogens (primary N) is 1. The number of carbonyl (C=O) groups excluding carboxylic acids is 6. The third kappa shape index (κ3) is 50.8. The Morgan fingerprint density at radius 3 is 1.24 bits per heavy atom. The molecule has 34 heteroatoms. The fraction of sp³-hybridized carbons (Fsp3) is 0.648. The molecule has 0 heterocycles. The van der Waals surface area contributed by atoms with Gasteiger partial charge >= 0.3 is 24.0 Å². The number of carbonyl (C=O) groups is 7. The van der Waals surface area contributed by atoms with Crippen LogP contribution in [0.15, 0.2) is 54.6 Å². The lowest BCUT2D eigenvalue weighted by atomic mass is 9.99. The van der Waals surface area contributed by atoms with Gasteiger partial charge in [0.15, 0.2) is 30.6 Å². The van der Waals surface area contributed by atoms with Crippen molar-refractivity contribution in [3.63, 3.8) is 0 Å². The predicted octanol–water partition coefficient (Wildman–Crippen LogP) is 5.23. The number of esters is 2. The number of amides is 3. The lowest BCUT2D eigenvalue weighted by molar-refractivity contribution is -0.157. The highest BCUT2D eigenvalue weighted by Crippen LogP contribution is 2.27. The van der Waals surface area contributed by atoms with Crippen molar-refractivity contribution in [2.75, 3.05) is 199 Å². The van der Waals surface area contributed by atoms with Crippen molar-refractivity contribution >= 4 is 41.6 Å². The smallest absolute Gasteiger partial charge is 0.407 e. The molecule has 3 amide bonds. The standard InChI is InChI=1S/C37H50F4N2O12.C34H58N2O14/c1-36(2,3)54-30(45)23-52-25-9-7-24(8-10-25)21-28(34(46)53-33-31(40)26(38)22-27(39)32(33)41)43-29(44)11-13-48-15-17-50-19-20-51-18-16-49-14-12-42-35(47)55-37(4,5)6;1-41-13-14-45-21-22-49-26-23-46-18-15-42-10-2-3-32(37)31(27-29-4-6-30(7-5-29)50-28-34(39)40)36-33(38)8-11-43-16-19-47-24-25-48-20-17-44-12-9-35/h7-10,22,28H,11-21,23H2,1-6H3,(H,42,47)(H,43,44);4-7,31H,2-3,8-28,35H2,1H3,(H,36,38)(H,39,40). The number of Topliss-reactive ketones (excluding diaryl/α,β-unsaturated/α-hetero) is 1. The van der Waals surface area contributed by atoms with E-state index in [-0.39, 0.29) is 102 Å². The molecular formula is C71H108F4N4O26. The second kappa shape index (κ2) is 57.9. The molecule has 0 saturated heterocycles. The summed E-state index contributed by atoms with van der Waals surface area (Å²) in [6.07, 6.45) is -0.00519. The Morgan fingerprint density at radius 1 is 0.457 bits per heavy atom. The molecule has 0 aliphatic carbocycles. The molecule has 0 aliphatic heterocycles. The van der Waals surface area contributed by atoms with Gasteiger partial charge < -0.3 is 112 Å². The summed E-state index contributed by atoms with van der Waals surface area (Å²) in [6.45, 7) is 19.3. The number of carboxylic acids is 1. The zero-order valence-electron chi connectivity index (χ0n) is 61.3. The highest BCUT2D eigenvalue weighted by atomic mass is 19.2. The molecule has 30 nitrogen and oxygen atoms in total. The first-order valence-electron chi connectivity index (χ1n) is 34.4. The van der Waals surface area contributed by atoms with Crippen LogP contribution in [0.2, 0.25) is 0 Å². The van der Waals surface area contributed by atoms with Crippen molar-refractivity contribution in [3.8, 4) is 17.2 Å². The largest absolute Gasteiger partial charge is 0.482 e. The number of hydrogen-bond acceptors (Lipinski definition) is 26. The minimum Gasteiger partial charge on any atom is -0.482 e. The molecule has 3 rings (SSSR count). The van der Waals surface area contributed by atoms with E-state index in [2.05, 4.69) is 16.0 Å². The maximum Gasteiger partial charge on any atom is 0.407 e. The Hall–Kier alpha value is -7.29. The van der Waals surface area contributed by atoms with Gasteiger partial charge in [-0.1, -0.05) is 24.3 Å². The average molecular weight is 1510 g/mol. The van der Waals surface area contributed by atoms with Crippen molar-refractivity contribution in [2.45, 2.75) is 103 Å². The fourth-order valence-electron chi connectivity index (χ4n) is 8.26. The number of carboxylic acid groups (broad SMARTS) is 1. The van der Waals surface area contributed by atoms with E-state index in [1.807, 2.05) is 0 Å². The Labute approximate surface area is 611 Å². The summed E-state index contributed by atoms with van der Waals surface area (Å²) in [7, 11) is 1.62. The number of benzene rings is 3. The molecule has 596 valence electrons. The molecule has 0 bridgehead atoms. The average Bonchev–Trinajstić information content (AvgIpc) is 0.814. The minimum atomic E-state index is -1.93. The second-order valence-corrected chi connectivity index (χ2v) is 24.3. The molecule has 105 heavy (non-hydrogen) atoms. The van der Waals surface area contributed by atoms with Crippen LogP contribution in [-0.2, 0) is 113 Å². The number of hydrogen-bond donors (Lipinski definition) is 5. The topological polar surface area (TPSA) is 368 Å². The fourth-order valence-corrected chi connectivity index (χ4v) is 8.26. The molecule has 0 fully saturated rings. The third-order valence-electron chi connectivity index (χ3n) is 13.1. The normalized spacial score (nSPS) is 12.0. The highest BCUT2D eigenvalue weighted by molar-refractivity contribution is 5.89. The van der Waals surface area contributed by atoms with E-state index in [0.29, 0.717) is 156 Å². The first-order valence-corrected chi connectivity index (χ1v) is 34.4. The minimum absolute atomic E-state index is 0.0391. The van der Waals surface area contributed by atoms with E-state index in [0.717, 1.165) is 5.56 Å². The van der Waals surface area contributed by atoms with E-state index >= 15 is 0 Å². The van der Waals surface area contributed by atoms with Crippen LogP contribution in [0.3, 0.4) is 0 Å². The van der Waals surface area contributed by atoms with Crippen LogP contribution in [-0.4, -0.2) is 269 Å². The van der Waals surface area contributed by atoms with Crippen LogP contribution in [0.25, 0.3) is 0 Å². The van der Waals surface area contributed by atoms with Gasteiger partial charge in [0.1, 0.15) is 28.7 Å². The number of rotatable bonds is 60. The monoisotopic (exact) mass is 1510 g/mol. The third-order valence-corrected chi connectivity index (χ3v) is 13.1. The number of methoxy groups -OCH3 is 1. The molecule has 0 saturated carbocycles. The van der Waals surface area contributed by atoms with E-state index in [1.54, 1.807) is 72.9 Å². The van der Waals surface area contributed by atoms with Crippen LogP contribution in [0.4, 0.5) is 22.4 Å². The van der Waals surface area contributed by atoms with Crippen molar-refractivity contribution < 1.29 is 141 Å². The van der Waals surface area contributed by atoms with Gasteiger partial charge in [-0.2, -0.15) is 8.78 Å². The van der Waals surface area contributed by atoms with E-state index in [1.165, 1.54) is 24.3 Å². The quantitative estimate of drug-likeness (QED) is 0.0159. The lowest BCUT2D eigenvalue weighted by Crippen LogP contribution is -2.45. The molecule has 6 N–H and O–H groups in total. The number of ketones is 1. The van der Waals surface area contributed by atoms with Gasteiger partial charge in [-0.15, -0.1) is 0 Å². The molecule has 0 aliphatic rings. The van der Waals surface area contributed by atoms with Gasteiger partial charge in [0.25, 0.3) is 0 Å². The molecule has 3 aromatic rings. The molecule has 2 atom stereocenters. The number of nitrogens with one attached hydrogen (secondary N) is 3. The van der Waals surface area contributed by atoms with Crippen LogP contribution in [0.5, 0.6) is 17.2 Å². The Morgan fingerprint density at radius 2 is 0.829 bits per heavy atom. The summed E-state index contributed by atoms with van der Waals surface area (Å²) in [4.78, 5) is 85.9. The highest BCUT2D eigenvalue weighted by Gasteiger charge is 2.29. The van der Waals surface area contributed by atoms with Gasteiger partial charge in [-0.05, 0) is 89.8 Å². The summed E-state index contributed by atoms with van der Waals surface area (Å²) in [5.41, 5.74) is 5.25. The maximum absolute atomic E-state index is 14.3. The van der Waals surface area contributed by atoms with E-state index in [4.69, 9.17) is 96.1 Å². The number of halogens is 4. The lowest BCUT2D eigenvalue weighted by Gasteiger charge is -2.20. The van der Waals surface area contributed by atoms with Crippen molar-refractivity contribution in [2.24, 2.45) is 5.73 Å². The van der Waals surface area contributed by atoms with Gasteiger partial charge in [0, 0.05) is 58.6 Å². The van der Waals surface area contributed by atoms with E-state index in [9.17, 15) is 51.1 Å². The first-order chi connectivity index (χ1) is 50.3. The first kappa shape index (κ1) is 93.8. The summed E-state index contributed by atoms with van der Waals surface area (Å²) >= 11 is 0. The summed E-state index contributed by atoms with van der Waals surface area (Å²) in [5, 5.41) is 16.6. The van der Waals surface area contributed by atoms with Gasteiger partial charge in [0.05, 0.1) is 165 Å². The number of ether oxygens (including phenoxy) is 18. The molecule has 3 aromatic carbocycles. The van der Waals surface area contributed by atoms with Gasteiger partial charge in [0.2, 0.25) is 29.2 Å². The van der Waals surface area contributed by atoms with Crippen LogP contribution in [0.1, 0.15) is 78.4 Å². The Balaban J connectivity index is 0.000000717. The molecule has 0 radical (unpaired) electrons. The van der Waals surface area contributed by atoms with Gasteiger partial charge in [-0.25, -0.2) is 28.0 Å². The van der Waals surface area contributed by atoms with Gasteiger partial charge in [-0.3, -0.25) is 14.4 Å². The van der Waals surface area contributed by atoms with Crippen LogP contribution < -0.4 is 35.9 Å². The van der Waals surface area contributed by atoms with Crippen molar-refractivity contribution in [3.05, 3.63) is 89.0 Å². The Kier molecular flexibility index (Phi) is 51.7. The summed E-state index contributed by atoms with van der Waals surface area (Å²) in [6, 6.07) is 10.3. The van der Waals surface area contributed by atoms with Crippen LogP contribution in [0, 0.1) is 23.3 Å². The zero-order valence-corrected chi connectivity index (χ0v) is 61.3. The van der Waals surface area contributed by atoms with E-state index < -0.39 is 88.8 Å².